The van der Waals surface area contributed by atoms with Crippen LogP contribution >= 0.6 is 0 Å². The van der Waals surface area contributed by atoms with Gasteiger partial charge in [0, 0.05) is 0 Å². The van der Waals surface area contributed by atoms with Crippen LogP contribution in [0.1, 0.15) is 103 Å². The van der Waals surface area contributed by atoms with Crippen LogP contribution in [-0.4, -0.2) is 0 Å². The van der Waals surface area contributed by atoms with Crippen molar-refractivity contribution in [2.75, 3.05) is 0 Å². The molecule has 0 fully saturated rings. The van der Waals surface area contributed by atoms with Crippen LogP contribution in [0.4, 0.5) is 0 Å². The van der Waals surface area contributed by atoms with Gasteiger partial charge in [0.2, 0.25) is 0 Å². The highest BCUT2D eigenvalue weighted by atomic mass is 14.2. The molecule has 2 aromatic rings. The van der Waals surface area contributed by atoms with Crippen molar-refractivity contribution in [3.63, 3.8) is 0 Å². The second-order valence-electron chi connectivity index (χ2n) is 8.85. The highest BCUT2D eigenvalue weighted by Crippen LogP contribution is 2.33. The Morgan fingerprint density at radius 2 is 1.23 bits per heavy atom. The summed E-state index contributed by atoms with van der Waals surface area (Å²) in [7, 11) is 0. The Balaban J connectivity index is 0.000000396. The van der Waals surface area contributed by atoms with Crippen molar-refractivity contribution in [1.82, 2.24) is 0 Å². The van der Waals surface area contributed by atoms with E-state index in [2.05, 4.69) is 82.3 Å². The number of aryl methyl sites for hydroxylation is 1. The standard InChI is InChI=1S/C23H28.C7H16/c1-3-5-19-8-12-21(13-9-19)23-16-14-22(15-17-23)20-10-6-18(4-2)7-11-20;1-3-5-7-6-4-2/h6-7,10-12,14-17,19H,3-5,8-9,13H2,1-2H3;3-7H2,1-2H3. The Hall–Kier alpha value is -1.82. The molecule has 1 aliphatic rings. The molecule has 0 aromatic heterocycles. The van der Waals surface area contributed by atoms with E-state index in [1.54, 1.807) is 5.57 Å². The predicted molar refractivity (Wildman–Crippen MR) is 136 cm³/mol. The van der Waals surface area contributed by atoms with Crippen molar-refractivity contribution in [3.05, 3.63) is 65.7 Å². The normalized spacial score (nSPS) is 15.9. The fourth-order valence-corrected chi connectivity index (χ4v) is 4.31. The summed E-state index contributed by atoms with van der Waals surface area (Å²) in [5.41, 5.74) is 6.99. The molecule has 164 valence electrons. The summed E-state index contributed by atoms with van der Waals surface area (Å²) in [5, 5.41) is 0. The number of rotatable bonds is 9. The van der Waals surface area contributed by atoms with E-state index in [1.165, 1.54) is 86.5 Å². The largest absolute Gasteiger partial charge is 0.0804 e. The molecule has 0 heterocycles. The van der Waals surface area contributed by atoms with Crippen molar-refractivity contribution >= 4 is 5.57 Å². The van der Waals surface area contributed by atoms with Gasteiger partial charge in [-0.25, -0.2) is 0 Å². The van der Waals surface area contributed by atoms with Crippen LogP contribution in [0.25, 0.3) is 16.7 Å². The summed E-state index contributed by atoms with van der Waals surface area (Å²) in [6.07, 6.45) is 17.2. The maximum absolute atomic E-state index is 2.48. The van der Waals surface area contributed by atoms with Crippen molar-refractivity contribution in [1.29, 1.82) is 0 Å². The maximum atomic E-state index is 2.48. The molecule has 0 heteroatoms. The van der Waals surface area contributed by atoms with Crippen LogP contribution in [-0.2, 0) is 6.42 Å². The fourth-order valence-electron chi connectivity index (χ4n) is 4.31. The van der Waals surface area contributed by atoms with E-state index in [9.17, 15) is 0 Å². The predicted octanol–water partition coefficient (Wildman–Crippen LogP) is 9.88. The summed E-state index contributed by atoms with van der Waals surface area (Å²) in [6, 6.07) is 18.1. The first-order valence-corrected chi connectivity index (χ1v) is 12.6. The summed E-state index contributed by atoms with van der Waals surface area (Å²) < 4.78 is 0. The first kappa shape index (κ1) is 24.4. The summed E-state index contributed by atoms with van der Waals surface area (Å²) in [5.74, 6) is 0.917. The summed E-state index contributed by atoms with van der Waals surface area (Å²) >= 11 is 0. The molecule has 0 amide bonds. The van der Waals surface area contributed by atoms with Crippen molar-refractivity contribution in [3.8, 4) is 11.1 Å². The third-order valence-corrected chi connectivity index (χ3v) is 6.37. The van der Waals surface area contributed by atoms with Crippen LogP contribution in [0.5, 0.6) is 0 Å². The Bertz CT molecular complexity index is 714. The third kappa shape index (κ3) is 8.13. The quantitative estimate of drug-likeness (QED) is 0.365. The summed E-state index contributed by atoms with van der Waals surface area (Å²) in [4.78, 5) is 0. The molecule has 0 spiro atoms. The molecule has 0 saturated heterocycles. The Kier molecular flexibility index (Phi) is 11.6. The molecule has 0 aliphatic heterocycles. The van der Waals surface area contributed by atoms with E-state index in [0.717, 1.165) is 12.3 Å². The molecule has 0 N–H and O–H groups in total. The molecule has 1 aliphatic carbocycles. The number of hydrogen-bond donors (Lipinski definition) is 0. The van der Waals surface area contributed by atoms with Gasteiger partial charge in [0.15, 0.2) is 0 Å². The summed E-state index contributed by atoms with van der Waals surface area (Å²) in [6.45, 7) is 8.99. The third-order valence-electron chi connectivity index (χ3n) is 6.37. The zero-order chi connectivity index (χ0) is 21.6. The monoisotopic (exact) mass is 404 g/mol. The molecule has 0 radical (unpaired) electrons. The number of hydrogen-bond acceptors (Lipinski definition) is 0. The van der Waals surface area contributed by atoms with Gasteiger partial charge in [-0.1, -0.05) is 127 Å². The van der Waals surface area contributed by atoms with Crippen LogP contribution in [0.3, 0.4) is 0 Å². The highest BCUT2D eigenvalue weighted by Gasteiger charge is 2.14. The van der Waals surface area contributed by atoms with Crippen molar-refractivity contribution < 1.29 is 0 Å². The minimum absolute atomic E-state index is 0.917. The zero-order valence-electron chi connectivity index (χ0n) is 20.1. The minimum atomic E-state index is 0.917. The molecule has 0 saturated carbocycles. The highest BCUT2D eigenvalue weighted by molar-refractivity contribution is 5.71. The molecular weight excluding hydrogens is 360 g/mol. The van der Waals surface area contributed by atoms with E-state index in [1.807, 2.05) is 0 Å². The van der Waals surface area contributed by atoms with E-state index >= 15 is 0 Å². The lowest BCUT2D eigenvalue weighted by Crippen LogP contribution is -2.04. The van der Waals surface area contributed by atoms with E-state index in [0.29, 0.717) is 0 Å². The van der Waals surface area contributed by atoms with Crippen molar-refractivity contribution in [2.45, 2.75) is 98.3 Å². The molecule has 3 rings (SSSR count). The molecule has 1 atom stereocenters. The molecule has 2 aromatic carbocycles. The van der Waals surface area contributed by atoms with Gasteiger partial charge in [0.05, 0.1) is 0 Å². The van der Waals surface area contributed by atoms with Gasteiger partial charge >= 0.3 is 0 Å². The molecule has 0 bridgehead atoms. The second kappa shape index (κ2) is 14.2. The van der Waals surface area contributed by atoms with Gasteiger partial charge in [-0.2, -0.15) is 0 Å². The Labute approximate surface area is 186 Å². The Morgan fingerprint density at radius 1 is 0.667 bits per heavy atom. The molecule has 30 heavy (non-hydrogen) atoms. The van der Waals surface area contributed by atoms with Crippen LogP contribution in [0, 0.1) is 5.92 Å². The zero-order valence-corrected chi connectivity index (χ0v) is 20.1. The average Bonchev–Trinajstić information content (AvgIpc) is 2.81. The van der Waals surface area contributed by atoms with Crippen LogP contribution < -0.4 is 0 Å². The molecular formula is C30H44. The molecule has 1 unspecified atom stereocenters. The second-order valence-corrected chi connectivity index (χ2v) is 8.85. The van der Waals surface area contributed by atoms with E-state index in [4.69, 9.17) is 0 Å². The SMILES string of the molecule is CCCC1CC=C(c2ccc(-c3ccc(CC)cc3)cc2)CC1.CCCCCCC. The van der Waals surface area contributed by atoms with Gasteiger partial charge < -0.3 is 0 Å². The molecule has 0 nitrogen and oxygen atoms in total. The topological polar surface area (TPSA) is 0 Å². The van der Waals surface area contributed by atoms with Crippen molar-refractivity contribution in [2.24, 2.45) is 5.92 Å². The van der Waals surface area contributed by atoms with Crippen LogP contribution in [0.15, 0.2) is 54.6 Å². The van der Waals surface area contributed by atoms with Gasteiger partial charge in [0.25, 0.3) is 0 Å². The Morgan fingerprint density at radius 3 is 1.70 bits per heavy atom. The lowest BCUT2D eigenvalue weighted by atomic mass is 9.84. The minimum Gasteiger partial charge on any atom is -0.0804 e. The fraction of sp³-hybridized carbons (Fsp3) is 0.533. The lowest BCUT2D eigenvalue weighted by molar-refractivity contribution is 0.445. The van der Waals surface area contributed by atoms with Gasteiger partial charge in [-0.05, 0) is 59.4 Å². The van der Waals surface area contributed by atoms with Gasteiger partial charge in [-0.3, -0.25) is 0 Å². The number of unbranched alkanes of at least 4 members (excludes halogenated alkanes) is 4. The average molecular weight is 405 g/mol. The first-order chi connectivity index (χ1) is 14.7. The lowest BCUT2D eigenvalue weighted by Gasteiger charge is -2.21. The van der Waals surface area contributed by atoms with E-state index < -0.39 is 0 Å². The maximum Gasteiger partial charge on any atom is -0.0184 e. The van der Waals surface area contributed by atoms with E-state index in [-0.39, 0.29) is 0 Å². The van der Waals surface area contributed by atoms with Gasteiger partial charge in [-0.15, -0.1) is 0 Å². The smallest absolute Gasteiger partial charge is 0.0184 e. The van der Waals surface area contributed by atoms with Crippen LogP contribution in [0.2, 0.25) is 0 Å². The number of benzene rings is 2. The first-order valence-electron chi connectivity index (χ1n) is 12.6. The van der Waals surface area contributed by atoms with Gasteiger partial charge in [0.1, 0.15) is 0 Å². The number of allylic oxidation sites excluding steroid dienone is 2.